The molecule has 0 radical (unpaired) electrons. The Balaban J connectivity index is 0.000000130. The number of carbonyl (C=O) groups is 3. The van der Waals surface area contributed by atoms with Crippen molar-refractivity contribution < 1.29 is 38.1 Å². The molecule has 0 spiro atoms. The van der Waals surface area contributed by atoms with Crippen LogP contribution in [0.4, 0.5) is 27.5 Å². The highest BCUT2D eigenvalue weighted by Crippen LogP contribution is 2.40. The van der Waals surface area contributed by atoms with Gasteiger partial charge in [0.25, 0.3) is 0 Å². The molecule has 0 bridgehead atoms. The van der Waals surface area contributed by atoms with Crippen molar-refractivity contribution in [1.82, 2.24) is 9.80 Å². The SMILES string of the molecule is Brc1ccc2c(c1)OCCN2.CC(C)(C)OC(=O)N1CC[C@@H](C(=O)N2CCOc3cc(-c4ccccc4)ccc32)C1.N#CN1CC[C@@H](C(=O)N2CCOc3cc(-c4ccccc4)ccc32)C1.c1ccc(-c2ccc3c(c2)OCCN3)cc1. The Kier molecular flexibility index (Phi) is 18.1. The first-order valence-corrected chi connectivity index (χ1v) is 28.8. The quantitative estimate of drug-likeness (QED) is 0.157. The van der Waals surface area contributed by atoms with Gasteiger partial charge in [0.15, 0.2) is 6.19 Å². The molecule has 6 heterocycles. The number of rotatable bonds is 5. The molecule has 0 aliphatic carbocycles. The topological polar surface area (TPSA) is 158 Å². The number of fused-ring (bicyclic) bond motifs is 4. The van der Waals surface area contributed by atoms with Crippen molar-refractivity contribution >= 4 is 56.6 Å². The lowest BCUT2D eigenvalue weighted by Gasteiger charge is -2.32. The largest absolute Gasteiger partial charge is 0.490 e. The number of amides is 3. The number of ether oxygens (including phenoxy) is 5. The van der Waals surface area contributed by atoms with Crippen LogP contribution in [0.25, 0.3) is 33.4 Å². The normalized spacial score (nSPS) is 17.2. The Morgan fingerprint density at radius 1 is 0.524 bits per heavy atom. The minimum atomic E-state index is -0.543. The monoisotopic (exact) mass is 1170 g/mol. The highest BCUT2D eigenvalue weighted by Gasteiger charge is 2.38. The average Bonchev–Trinajstić information content (AvgIpc) is 4.27. The minimum absolute atomic E-state index is 0.0399. The summed E-state index contributed by atoms with van der Waals surface area (Å²) in [7, 11) is 0. The Labute approximate surface area is 488 Å². The fourth-order valence-electron chi connectivity index (χ4n) is 10.5. The third-order valence-corrected chi connectivity index (χ3v) is 15.1. The molecule has 6 aliphatic heterocycles. The molecule has 422 valence electrons. The number of carbonyl (C=O) groups excluding carboxylic acids is 3. The highest BCUT2D eigenvalue weighted by molar-refractivity contribution is 9.10. The van der Waals surface area contributed by atoms with Crippen LogP contribution < -0.4 is 39.4 Å². The Hall–Kier alpha value is -8.68. The summed E-state index contributed by atoms with van der Waals surface area (Å²) in [6, 6.07) is 54.8. The third kappa shape index (κ3) is 14.1. The van der Waals surface area contributed by atoms with E-state index >= 15 is 0 Å². The molecule has 2 saturated heterocycles. The van der Waals surface area contributed by atoms with Crippen molar-refractivity contribution in [2.24, 2.45) is 11.8 Å². The van der Waals surface area contributed by atoms with E-state index < -0.39 is 5.60 Å². The number of nitrogens with one attached hydrogen (secondary N) is 2. The number of hydrogen-bond donors (Lipinski definition) is 2. The zero-order valence-corrected chi connectivity index (χ0v) is 48.1. The summed E-state index contributed by atoms with van der Waals surface area (Å²) in [5, 5.41) is 15.6. The van der Waals surface area contributed by atoms with E-state index in [9.17, 15) is 14.4 Å². The van der Waals surface area contributed by atoms with Gasteiger partial charge in [0.1, 0.15) is 55.0 Å². The van der Waals surface area contributed by atoms with Crippen molar-refractivity contribution in [3.05, 3.63) is 168 Å². The van der Waals surface area contributed by atoms with Crippen LogP contribution in [0.2, 0.25) is 0 Å². The maximum Gasteiger partial charge on any atom is 0.410 e. The number of nitrogens with zero attached hydrogens (tertiary/aromatic N) is 5. The molecule has 2 N–H and O–H groups in total. The van der Waals surface area contributed by atoms with E-state index in [2.05, 4.69) is 87.4 Å². The molecule has 3 amide bonds. The van der Waals surface area contributed by atoms with E-state index in [1.165, 1.54) is 11.1 Å². The summed E-state index contributed by atoms with van der Waals surface area (Å²) >= 11 is 3.38. The summed E-state index contributed by atoms with van der Waals surface area (Å²) in [4.78, 5) is 45.4. The van der Waals surface area contributed by atoms with Crippen molar-refractivity contribution in [3.8, 4) is 62.6 Å². The standard InChI is InChI=1S/C24H28N2O4.C20H19N3O2.C14H13NO.C8H8BrNO/c1-24(2,3)30-23(28)25-12-11-19(16-25)22(27)26-13-14-29-21-15-18(9-10-20(21)26)17-7-5-4-6-8-17;21-14-22-9-8-17(13-22)20(24)23-10-11-25-19-12-16(6-7-18(19)23)15-4-2-1-3-5-15;1-2-4-11(5-3-1)12-6-7-13-14(10-12)16-9-8-15-13;9-6-1-2-7-8(5-6)11-4-3-10-7/h4-10,15,19H,11-14,16H2,1-3H3;1-7,12,17H,8-11,13H2;1-7,10,15H,8-9H2;1-2,5,10H,3-4H2/t19-;17-;;/m11../s1. The summed E-state index contributed by atoms with van der Waals surface area (Å²) in [5.74, 6) is 3.15. The van der Waals surface area contributed by atoms with Gasteiger partial charge in [-0.05, 0) is 122 Å². The summed E-state index contributed by atoms with van der Waals surface area (Å²) in [6.45, 7) is 12.9. The van der Waals surface area contributed by atoms with Gasteiger partial charge in [-0.1, -0.05) is 125 Å². The van der Waals surface area contributed by atoms with Crippen LogP contribution in [0.1, 0.15) is 33.6 Å². The molecule has 0 unspecified atom stereocenters. The van der Waals surface area contributed by atoms with Gasteiger partial charge in [-0.2, -0.15) is 5.26 Å². The first-order valence-electron chi connectivity index (χ1n) is 28.0. The van der Waals surface area contributed by atoms with Gasteiger partial charge >= 0.3 is 6.09 Å². The molecule has 2 fully saturated rings. The fourth-order valence-corrected chi connectivity index (χ4v) is 10.9. The lowest BCUT2D eigenvalue weighted by molar-refractivity contribution is -0.123. The van der Waals surface area contributed by atoms with Crippen molar-refractivity contribution in [3.63, 3.8) is 0 Å². The number of likely N-dealkylation sites (tertiary alicyclic amines) is 2. The second kappa shape index (κ2) is 26.3. The molecule has 7 aromatic rings. The van der Waals surface area contributed by atoms with E-state index in [1.807, 2.05) is 135 Å². The van der Waals surface area contributed by atoms with Crippen LogP contribution in [0.3, 0.4) is 0 Å². The molecule has 13 rings (SSSR count). The molecule has 6 aliphatic rings. The zero-order valence-electron chi connectivity index (χ0n) is 46.5. The first-order chi connectivity index (χ1) is 39.9. The molecular formula is C66H68BrN7O8. The summed E-state index contributed by atoms with van der Waals surface area (Å²) in [5.41, 5.74) is 10.0. The van der Waals surface area contributed by atoms with Gasteiger partial charge in [0.05, 0.1) is 47.7 Å². The Morgan fingerprint density at radius 2 is 0.963 bits per heavy atom. The van der Waals surface area contributed by atoms with Crippen LogP contribution in [0, 0.1) is 23.3 Å². The summed E-state index contributed by atoms with van der Waals surface area (Å²) in [6.07, 6.45) is 3.16. The molecule has 2 atom stereocenters. The van der Waals surface area contributed by atoms with E-state index in [1.54, 1.807) is 14.7 Å². The molecule has 82 heavy (non-hydrogen) atoms. The first kappa shape index (κ1) is 56.6. The van der Waals surface area contributed by atoms with Crippen LogP contribution >= 0.6 is 15.9 Å². The average molecular weight is 1170 g/mol. The predicted molar refractivity (Wildman–Crippen MR) is 325 cm³/mol. The Bertz CT molecular complexity index is 3390. The van der Waals surface area contributed by atoms with Crippen LogP contribution in [-0.2, 0) is 14.3 Å². The molecule has 7 aromatic carbocycles. The highest BCUT2D eigenvalue weighted by atomic mass is 79.9. The minimum Gasteiger partial charge on any atom is -0.490 e. The zero-order chi connectivity index (χ0) is 57.0. The molecule has 15 nitrogen and oxygen atoms in total. The number of anilines is 4. The molecular weight excluding hydrogens is 1100 g/mol. The summed E-state index contributed by atoms with van der Waals surface area (Å²) < 4.78 is 29.2. The molecule has 0 saturated carbocycles. The van der Waals surface area contributed by atoms with Gasteiger partial charge < -0.3 is 53.9 Å². The van der Waals surface area contributed by atoms with Crippen LogP contribution in [0.15, 0.2) is 168 Å². The predicted octanol–water partition coefficient (Wildman–Crippen LogP) is 12.6. The van der Waals surface area contributed by atoms with Gasteiger partial charge in [0.2, 0.25) is 11.8 Å². The third-order valence-electron chi connectivity index (χ3n) is 14.6. The smallest absolute Gasteiger partial charge is 0.410 e. The van der Waals surface area contributed by atoms with Gasteiger partial charge in [-0.25, -0.2) is 4.79 Å². The van der Waals surface area contributed by atoms with Crippen LogP contribution in [-0.4, -0.2) is 112 Å². The van der Waals surface area contributed by atoms with E-state index in [-0.39, 0.29) is 29.7 Å². The van der Waals surface area contributed by atoms with Crippen molar-refractivity contribution in [1.29, 1.82) is 5.26 Å². The number of benzene rings is 7. The lowest BCUT2D eigenvalue weighted by Crippen LogP contribution is -2.43. The van der Waals surface area contributed by atoms with Gasteiger partial charge in [-0.3, -0.25) is 9.59 Å². The number of halogens is 1. The van der Waals surface area contributed by atoms with Crippen molar-refractivity contribution in [2.75, 3.05) is 99.2 Å². The van der Waals surface area contributed by atoms with Gasteiger partial charge in [0, 0.05) is 43.7 Å². The maximum atomic E-state index is 13.3. The molecule has 0 aromatic heterocycles. The number of nitriles is 1. The Morgan fingerprint density at radius 3 is 1.45 bits per heavy atom. The van der Waals surface area contributed by atoms with Crippen LogP contribution in [0.5, 0.6) is 23.0 Å². The van der Waals surface area contributed by atoms with E-state index in [0.717, 1.165) is 105 Å². The fraction of sp³-hybridized carbons (Fsp3) is 0.303. The number of hydrogen-bond acceptors (Lipinski definition) is 12. The molecule has 16 heteroatoms. The lowest BCUT2D eigenvalue weighted by atomic mass is 10.0. The second-order valence-corrected chi connectivity index (χ2v) is 22.4. The van der Waals surface area contributed by atoms with E-state index in [0.29, 0.717) is 58.9 Å². The van der Waals surface area contributed by atoms with Gasteiger partial charge in [-0.15, -0.1) is 0 Å². The van der Waals surface area contributed by atoms with Crippen molar-refractivity contribution in [2.45, 2.75) is 39.2 Å². The van der Waals surface area contributed by atoms with E-state index in [4.69, 9.17) is 28.9 Å². The second-order valence-electron chi connectivity index (χ2n) is 21.5. The maximum absolute atomic E-state index is 13.3.